The first-order chi connectivity index (χ1) is 15.2. The van der Waals surface area contributed by atoms with Gasteiger partial charge in [-0.2, -0.15) is 4.31 Å². The van der Waals surface area contributed by atoms with E-state index in [2.05, 4.69) is 21.2 Å². The van der Waals surface area contributed by atoms with Gasteiger partial charge in [0.2, 0.25) is 21.8 Å². The summed E-state index contributed by atoms with van der Waals surface area (Å²) in [7, 11) is -3.92. The van der Waals surface area contributed by atoms with Gasteiger partial charge in [0.1, 0.15) is 0 Å². The number of anilines is 1. The molecule has 0 atom stereocenters. The van der Waals surface area contributed by atoms with E-state index >= 15 is 0 Å². The van der Waals surface area contributed by atoms with Crippen molar-refractivity contribution >= 4 is 43.5 Å². The number of hydrogen-bond donors (Lipinski definition) is 2. The van der Waals surface area contributed by atoms with E-state index in [4.69, 9.17) is 5.73 Å². The molecule has 0 saturated carbocycles. The van der Waals surface area contributed by atoms with E-state index in [1.54, 1.807) is 48.5 Å². The quantitative estimate of drug-likeness (QED) is 0.455. The van der Waals surface area contributed by atoms with E-state index in [1.165, 1.54) is 12.1 Å². The molecule has 3 aromatic rings. The van der Waals surface area contributed by atoms with Crippen molar-refractivity contribution in [3.05, 3.63) is 94.5 Å². The summed E-state index contributed by atoms with van der Waals surface area (Å²) in [5, 5.41) is 2.70. The predicted octanol–water partition coefficient (Wildman–Crippen LogP) is 3.31. The largest absolute Gasteiger partial charge is 0.369 e. The minimum absolute atomic E-state index is 0.0458. The Morgan fingerprint density at radius 2 is 1.50 bits per heavy atom. The highest BCUT2D eigenvalue weighted by Crippen LogP contribution is 2.21. The number of nitrogens with zero attached hydrogens (tertiary/aromatic N) is 1. The Labute approximate surface area is 195 Å². The molecule has 0 aliphatic rings. The molecule has 0 spiro atoms. The fourth-order valence-corrected chi connectivity index (χ4v) is 4.69. The Hall–Kier alpha value is -3.01. The van der Waals surface area contributed by atoms with Gasteiger partial charge in [0.25, 0.3) is 0 Å². The van der Waals surface area contributed by atoms with E-state index in [-0.39, 0.29) is 24.4 Å². The van der Waals surface area contributed by atoms with Gasteiger partial charge in [0, 0.05) is 16.7 Å². The second kappa shape index (κ2) is 10.5. The molecule has 0 aliphatic carbocycles. The highest BCUT2D eigenvalue weighted by molar-refractivity contribution is 9.10. The van der Waals surface area contributed by atoms with Crippen molar-refractivity contribution in [1.29, 1.82) is 0 Å². The summed E-state index contributed by atoms with van der Waals surface area (Å²) in [5.74, 6) is -0.930. The molecule has 166 valence electrons. The van der Waals surface area contributed by atoms with Crippen LogP contribution in [0.15, 0.2) is 88.2 Å². The van der Waals surface area contributed by atoms with E-state index in [9.17, 15) is 18.0 Å². The Bertz CT molecular complexity index is 1180. The highest BCUT2D eigenvalue weighted by atomic mass is 79.9. The van der Waals surface area contributed by atoms with Crippen LogP contribution in [-0.2, 0) is 32.6 Å². The zero-order valence-electron chi connectivity index (χ0n) is 17.1. The molecule has 0 aromatic heterocycles. The molecule has 0 bridgehead atoms. The van der Waals surface area contributed by atoms with Crippen molar-refractivity contribution in [2.24, 2.45) is 5.73 Å². The monoisotopic (exact) mass is 515 g/mol. The molecule has 3 rings (SSSR count). The maximum absolute atomic E-state index is 13.3. The summed E-state index contributed by atoms with van der Waals surface area (Å²) in [4.78, 5) is 23.8. The van der Waals surface area contributed by atoms with Crippen LogP contribution >= 0.6 is 15.9 Å². The summed E-state index contributed by atoms with van der Waals surface area (Å²) >= 11 is 3.30. The lowest BCUT2D eigenvalue weighted by Gasteiger charge is -2.22. The number of halogens is 1. The first-order valence-electron chi connectivity index (χ1n) is 9.71. The van der Waals surface area contributed by atoms with Gasteiger partial charge in [-0.1, -0.05) is 58.4 Å². The van der Waals surface area contributed by atoms with Gasteiger partial charge in [-0.25, -0.2) is 8.42 Å². The number of carbonyl (C=O) groups is 2. The van der Waals surface area contributed by atoms with Gasteiger partial charge >= 0.3 is 0 Å². The van der Waals surface area contributed by atoms with Gasteiger partial charge in [-0.15, -0.1) is 0 Å². The molecule has 0 fully saturated rings. The number of amides is 2. The second-order valence-corrected chi connectivity index (χ2v) is 9.95. The summed E-state index contributed by atoms with van der Waals surface area (Å²) < 4.78 is 28.4. The Morgan fingerprint density at radius 1 is 0.875 bits per heavy atom. The highest BCUT2D eigenvalue weighted by Gasteiger charge is 2.27. The fourth-order valence-electron chi connectivity index (χ4n) is 3.04. The first-order valence-corrected chi connectivity index (χ1v) is 11.9. The first kappa shape index (κ1) is 23.6. The van der Waals surface area contributed by atoms with E-state index in [0.717, 1.165) is 19.9 Å². The van der Waals surface area contributed by atoms with Crippen LogP contribution in [0.3, 0.4) is 0 Å². The molecule has 32 heavy (non-hydrogen) atoms. The second-order valence-electron chi connectivity index (χ2n) is 7.10. The molecular formula is C23H22BrN3O4S. The number of carbonyl (C=O) groups excluding carboxylic acids is 2. The van der Waals surface area contributed by atoms with Crippen LogP contribution in [0, 0.1) is 0 Å². The fraction of sp³-hybridized carbons (Fsp3) is 0.130. The molecule has 3 N–H and O–H groups in total. The third kappa shape index (κ3) is 6.49. The minimum atomic E-state index is -3.92. The van der Waals surface area contributed by atoms with Crippen molar-refractivity contribution in [2.45, 2.75) is 17.9 Å². The van der Waals surface area contributed by atoms with Crippen LogP contribution in [0.1, 0.15) is 11.1 Å². The van der Waals surface area contributed by atoms with Crippen LogP contribution in [0.4, 0.5) is 5.69 Å². The van der Waals surface area contributed by atoms with Crippen molar-refractivity contribution in [2.75, 3.05) is 11.9 Å². The lowest BCUT2D eigenvalue weighted by molar-refractivity contribution is -0.117. The lowest BCUT2D eigenvalue weighted by Crippen LogP contribution is -2.37. The summed E-state index contributed by atoms with van der Waals surface area (Å²) in [6.45, 7) is -0.319. The zero-order chi connectivity index (χ0) is 23.1. The number of rotatable bonds is 9. The van der Waals surface area contributed by atoms with E-state index < -0.39 is 21.8 Å². The van der Waals surface area contributed by atoms with Crippen LogP contribution in [0.25, 0.3) is 0 Å². The van der Waals surface area contributed by atoms with Crippen molar-refractivity contribution in [3.8, 4) is 0 Å². The minimum Gasteiger partial charge on any atom is -0.369 e. The van der Waals surface area contributed by atoms with Gasteiger partial charge in [0.15, 0.2) is 0 Å². The average molecular weight is 516 g/mol. The molecule has 0 radical (unpaired) electrons. The van der Waals surface area contributed by atoms with Crippen molar-refractivity contribution in [3.63, 3.8) is 0 Å². The maximum atomic E-state index is 13.3. The average Bonchev–Trinajstić information content (AvgIpc) is 2.75. The van der Waals surface area contributed by atoms with Crippen LogP contribution in [0.5, 0.6) is 0 Å². The maximum Gasteiger partial charge on any atom is 0.243 e. The molecule has 0 aliphatic heterocycles. The van der Waals surface area contributed by atoms with Crippen molar-refractivity contribution < 1.29 is 18.0 Å². The molecule has 0 unspecified atom stereocenters. The van der Waals surface area contributed by atoms with Gasteiger partial charge < -0.3 is 11.1 Å². The molecule has 0 heterocycles. The van der Waals surface area contributed by atoms with Crippen LogP contribution < -0.4 is 11.1 Å². The lowest BCUT2D eigenvalue weighted by atomic mass is 10.1. The van der Waals surface area contributed by atoms with E-state index in [1.807, 2.05) is 18.2 Å². The summed E-state index contributed by atoms with van der Waals surface area (Å²) in [6.07, 6.45) is 0.102. The standard InChI is InChI=1S/C23H22BrN3O4S/c24-19-8-12-21(13-9-19)32(30,31)27(15-18-4-2-1-3-5-18)16-23(29)26-20-10-6-17(7-11-20)14-22(25)28/h1-13H,14-16H2,(H2,25,28)(H,26,29). The number of hydrogen-bond acceptors (Lipinski definition) is 4. The predicted molar refractivity (Wildman–Crippen MR) is 126 cm³/mol. The van der Waals surface area contributed by atoms with Gasteiger partial charge in [-0.05, 0) is 47.5 Å². The van der Waals surface area contributed by atoms with Gasteiger partial charge in [-0.3, -0.25) is 9.59 Å². The van der Waals surface area contributed by atoms with E-state index in [0.29, 0.717) is 5.69 Å². The summed E-state index contributed by atoms with van der Waals surface area (Å²) in [6, 6.07) is 22.0. The normalized spacial score (nSPS) is 11.3. The SMILES string of the molecule is NC(=O)Cc1ccc(NC(=O)CN(Cc2ccccc2)S(=O)(=O)c2ccc(Br)cc2)cc1. The number of primary amides is 1. The summed E-state index contributed by atoms with van der Waals surface area (Å²) in [5.41, 5.74) is 7.16. The number of sulfonamides is 1. The molecule has 9 heteroatoms. The molecule has 7 nitrogen and oxygen atoms in total. The molecule has 0 saturated heterocycles. The Morgan fingerprint density at radius 3 is 2.09 bits per heavy atom. The van der Waals surface area contributed by atoms with Crippen molar-refractivity contribution in [1.82, 2.24) is 4.31 Å². The van der Waals surface area contributed by atoms with Crippen LogP contribution in [-0.4, -0.2) is 31.1 Å². The molecular weight excluding hydrogens is 494 g/mol. The molecule has 2 amide bonds. The third-order valence-electron chi connectivity index (χ3n) is 4.59. The zero-order valence-corrected chi connectivity index (χ0v) is 19.5. The number of nitrogens with one attached hydrogen (secondary N) is 1. The number of nitrogens with two attached hydrogens (primary N) is 1. The van der Waals surface area contributed by atoms with Gasteiger partial charge in [0.05, 0.1) is 17.9 Å². The Balaban J connectivity index is 1.79. The smallest absolute Gasteiger partial charge is 0.243 e. The third-order valence-corrected chi connectivity index (χ3v) is 6.92. The Kier molecular flexibility index (Phi) is 7.79. The number of benzene rings is 3. The molecule has 3 aromatic carbocycles. The topological polar surface area (TPSA) is 110 Å². The van der Waals surface area contributed by atoms with Crippen LogP contribution in [0.2, 0.25) is 0 Å².